The zero-order chi connectivity index (χ0) is 13.5. The van der Waals surface area contributed by atoms with Crippen LogP contribution in [-0.4, -0.2) is 24.9 Å². The topological polar surface area (TPSA) is 41.5 Å². The summed E-state index contributed by atoms with van der Waals surface area (Å²) in [5.41, 5.74) is 0.894. The highest BCUT2D eigenvalue weighted by atomic mass is 19.1. The standard InChI is InChI=1S/C14H22FNO2/c1-10(17)5-4-8-16-11(2)12-6-7-14(18-3)13(15)9-12/h6-7,9-11,16-17H,4-5,8H2,1-3H3. The van der Waals surface area contributed by atoms with E-state index in [9.17, 15) is 4.39 Å². The summed E-state index contributed by atoms with van der Waals surface area (Å²) >= 11 is 0. The lowest BCUT2D eigenvalue weighted by atomic mass is 10.1. The largest absolute Gasteiger partial charge is 0.494 e. The van der Waals surface area contributed by atoms with Crippen molar-refractivity contribution in [2.24, 2.45) is 0 Å². The second kappa shape index (κ2) is 7.34. The highest BCUT2D eigenvalue weighted by Crippen LogP contribution is 2.21. The summed E-state index contributed by atoms with van der Waals surface area (Å²) in [6.45, 7) is 4.58. The summed E-state index contributed by atoms with van der Waals surface area (Å²) in [5, 5.41) is 12.4. The third-order valence-corrected chi connectivity index (χ3v) is 2.93. The SMILES string of the molecule is COc1ccc(C(C)NCCCC(C)O)cc1F. The van der Waals surface area contributed by atoms with Crippen LogP contribution in [0.1, 0.15) is 38.3 Å². The van der Waals surface area contributed by atoms with Gasteiger partial charge in [0, 0.05) is 6.04 Å². The van der Waals surface area contributed by atoms with Crippen molar-refractivity contribution in [3.8, 4) is 5.75 Å². The van der Waals surface area contributed by atoms with E-state index in [-0.39, 0.29) is 23.7 Å². The number of hydrogen-bond acceptors (Lipinski definition) is 3. The molecule has 0 saturated heterocycles. The molecule has 0 fully saturated rings. The molecule has 0 radical (unpaired) electrons. The molecule has 3 nitrogen and oxygen atoms in total. The number of halogens is 1. The van der Waals surface area contributed by atoms with Gasteiger partial charge in [-0.05, 0) is 50.9 Å². The molecule has 1 rings (SSSR count). The van der Waals surface area contributed by atoms with E-state index in [0.717, 1.165) is 24.9 Å². The van der Waals surface area contributed by atoms with Crippen LogP contribution >= 0.6 is 0 Å². The Bertz CT molecular complexity index is 369. The number of aliphatic hydroxyl groups excluding tert-OH is 1. The molecule has 0 amide bonds. The highest BCUT2D eigenvalue weighted by Gasteiger charge is 2.09. The quantitative estimate of drug-likeness (QED) is 0.736. The number of nitrogens with one attached hydrogen (secondary N) is 1. The van der Waals surface area contributed by atoms with Crippen molar-refractivity contribution < 1.29 is 14.2 Å². The molecule has 0 heterocycles. The van der Waals surface area contributed by atoms with Gasteiger partial charge in [0.25, 0.3) is 0 Å². The maximum atomic E-state index is 13.5. The second-order valence-corrected chi connectivity index (χ2v) is 4.56. The van der Waals surface area contributed by atoms with Crippen LogP contribution in [0.3, 0.4) is 0 Å². The molecule has 1 aromatic rings. The summed E-state index contributed by atoms with van der Waals surface area (Å²) < 4.78 is 18.4. The lowest BCUT2D eigenvalue weighted by Gasteiger charge is -2.15. The number of rotatable bonds is 7. The Hall–Kier alpha value is -1.13. The van der Waals surface area contributed by atoms with Gasteiger partial charge in [-0.15, -0.1) is 0 Å². The Morgan fingerprint density at radius 1 is 1.39 bits per heavy atom. The van der Waals surface area contributed by atoms with E-state index < -0.39 is 0 Å². The summed E-state index contributed by atoms with van der Waals surface area (Å²) in [5.74, 6) is -0.0762. The maximum absolute atomic E-state index is 13.5. The lowest BCUT2D eigenvalue weighted by molar-refractivity contribution is 0.181. The molecule has 0 bridgehead atoms. The van der Waals surface area contributed by atoms with Crippen molar-refractivity contribution in [2.75, 3.05) is 13.7 Å². The molecule has 1 aromatic carbocycles. The molecular weight excluding hydrogens is 233 g/mol. The molecule has 2 N–H and O–H groups in total. The van der Waals surface area contributed by atoms with Crippen molar-refractivity contribution in [3.05, 3.63) is 29.6 Å². The second-order valence-electron chi connectivity index (χ2n) is 4.56. The summed E-state index contributed by atoms with van der Waals surface area (Å²) in [7, 11) is 1.45. The fourth-order valence-corrected chi connectivity index (χ4v) is 1.79. The van der Waals surface area contributed by atoms with Crippen LogP contribution in [0.5, 0.6) is 5.75 Å². The lowest BCUT2D eigenvalue weighted by Crippen LogP contribution is -2.20. The van der Waals surface area contributed by atoms with Crippen LogP contribution in [0.2, 0.25) is 0 Å². The van der Waals surface area contributed by atoms with Crippen molar-refractivity contribution in [1.82, 2.24) is 5.32 Å². The number of benzene rings is 1. The molecule has 102 valence electrons. The highest BCUT2D eigenvalue weighted by molar-refractivity contribution is 5.30. The van der Waals surface area contributed by atoms with E-state index in [4.69, 9.17) is 9.84 Å². The monoisotopic (exact) mass is 255 g/mol. The Morgan fingerprint density at radius 2 is 2.11 bits per heavy atom. The van der Waals surface area contributed by atoms with Crippen molar-refractivity contribution in [2.45, 2.75) is 38.8 Å². The average Bonchev–Trinajstić information content (AvgIpc) is 2.34. The number of hydrogen-bond donors (Lipinski definition) is 2. The molecule has 0 aromatic heterocycles. The zero-order valence-electron chi connectivity index (χ0n) is 11.2. The van der Waals surface area contributed by atoms with Gasteiger partial charge in [0.1, 0.15) is 0 Å². The van der Waals surface area contributed by atoms with Crippen molar-refractivity contribution >= 4 is 0 Å². The van der Waals surface area contributed by atoms with E-state index in [1.807, 2.05) is 13.0 Å². The Balaban J connectivity index is 2.46. The van der Waals surface area contributed by atoms with Gasteiger partial charge in [0.05, 0.1) is 13.2 Å². The normalized spacial score (nSPS) is 14.3. The number of ether oxygens (including phenoxy) is 1. The smallest absolute Gasteiger partial charge is 0.165 e. The van der Waals surface area contributed by atoms with E-state index >= 15 is 0 Å². The first kappa shape index (κ1) is 14.9. The van der Waals surface area contributed by atoms with Crippen LogP contribution in [0.4, 0.5) is 4.39 Å². The minimum Gasteiger partial charge on any atom is -0.494 e. The van der Waals surface area contributed by atoms with Gasteiger partial charge in [0.15, 0.2) is 11.6 Å². The minimum absolute atomic E-state index is 0.0828. The van der Waals surface area contributed by atoms with Crippen LogP contribution in [0.25, 0.3) is 0 Å². The van der Waals surface area contributed by atoms with Gasteiger partial charge in [-0.3, -0.25) is 0 Å². The number of aliphatic hydroxyl groups is 1. The van der Waals surface area contributed by atoms with E-state index in [1.54, 1.807) is 13.0 Å². The predicted octanol–water partition coefficient (Wildman–Crippen LogP) is 2.65. The predicted molar refractivity (Wildman–Crippen MR) is 70.3 cm³/mol. The van der Waals surface area contributed by atoms with Gasteiger partial charge < -0.3 is 15.2 Å². The average molecular weight is 255 g/mol. The number of methoxy groups -OCH3 is 1. The third kappa shape index (κ3) is 4.63. The molecule has 4 heteroatoms. The fourth-order valence-electron chi connectivity index (χ4n) is 1.79. The molecule has 2 unspecified atom stereocenters. The van der Waals surface area contributed by atoms with Crippen molar-refractivity contribution in [1.29, 1.82) is 0 Å². The van der Waals surface area contributed by atoms with Gasteiger partial charge in [-0.2, -0.15) is 0 Å². The van der Waals surface area contributed by atoms with Crippen molar-refractivity contribution in [3.63, 3.8) is 0 Å². The minimum atomic E-state index is -0.340. The van der Waals surface area contributed by atoms with E-state index in [2.05, 4.69) is 5.32 Å². The molecular formula is C14H22FNO2. The zero-order valence-corrected chi connectivity index (χ0v) is 11.2. The van der Waals surface area contributed by atoms with Crippen LogP contribution in [0, 0.1) is 5.82 Å². The molecule has 0 aliphatic heterocycles. The molecule has 0 aliphatic rings. The summed E-state index contributed by atoms with van der Waals surface area (Å²) in [6, 6.07) is 5.07. The first-order valence-corrected chi connectivity index (χ1v) is 6.29. The van der Waals surface area contributed by atoms with Gasteiger partial charge in [0.2, 0.25) is 0 Å². The van der Waals surface area contributed by atoms with Gasteiger partial charge in [-0.25, -0.2) is 4.39 Å². The maximum Gasteiger partial charge on any atom is 0.165 e. The first-order valence-electron chi connectivity index (χ1n) is 6.29. The molecule has 2 atom stereocenters. The fraction of sp³-hybridized carbons (Fsp3) is 0.571. The molecule has 0 saturated carbocycles. The van der Waals surface area contributed by atoms with E-state index in [1.165, 1.54) is 13.2 Å². The van der Waals surface area contributed by atoms with Crippen LogP contribution < -0.4 is 10.1 Å². The molecule has 18 heavy (non-hydrogen) atoms. The Labute approximate surface area is 108 Å². The third-order valence-electron chi connectivity index (χ3n) is 2.93. The molecule has 0 aliphatic carbocycles. The Morgan fingerprint density at radius 3 is 2.67 bits per heavy atom. The van der Waals surface area contributed by atoms with Gasteiger partial charge >= 0.3 is 0 Å². The summed E-state index contributed by atoms with van der Waals surface area (Å²) in [6.07, 6.45) is 1.41. The first-order chi connectivity index (χ1) is 8.54. The Kier molecular flexibility index (Phi) is 6.09. The van der Waals surface area contributed by atoms with Crippen LogP contribution in [-0.2, 0) is 0 Å². The van der Waals surface area contributed by atoms with E-state index in [0.29, 0.717) is 0 Å². The van der Waals surface area contributed by atoms with Gasteiger partial charge in [-0.1, -0.05) is 6.07 Å². The van der Waals surface area contributed by atoms with Crippen LogP contribution in [0.15, 0.2) is 18.2 Å². The summed E-state index contributed by atoms with van der Waals surface area (Å²) in [4.78, 5) is 0. The molecule has 0 spiro atoms.